The van der Waals surface area contributed by atoms with Crippen molar-refractivity contribution in [2.75, 3.05) is 18.1 Å². The molecule has 26 heavy (non-hydrogen) atoms. The Labute approximate surface area is 153 Å². The first kappa shape index (κ1) is 18.5. The number of furan rings is 1. The zero-order valence-corrected chi connectivity index (χ0v) is 15.6. The Bertz CT molecular complexity index is 827. The molecule has 1 fully saturated rings. The van der Waals surface area contributed by atoms with E-state index in [1.807, 2.05) is 31.2 Å². The summed E-state index contributed by atoms with van der Waals surface area (Å²) >= 11 is 0. The van der Waals surface area contributed by atoms with Crippen molar-refractivity contribution in [2.24, 2.45) is 0 Å². The third-order valence-corrected chi connectivity index (χ3v) is 6.22. The van der Waals surface area contributed by atoms with E-state index in [4.69, 9.17) is 9.15 Å². The highest BCUT2D eigenvalue weighted by Gasteiger charge is 2.35. The highest BCUT2D eigenvalue weighted by Crippen LogP contribution is 2.22. The summed E-state index contributed by atoms with van der Waals surface area (Å²) in [4.78, 5) is 14.5. The van der Waals surface area contributed by atoms with Gasteiger partial charge >= 0.3 is 0 Å². The summed E-state index contributed by atoms with van der Waals surface area (Å²) in [7, 11) is -3.08. The van der Waals surface area contributed by atoms with Gasteiger partial charge in [-0.3, -0.25) is 4.79 Å². The van der Waals surface area contributed by atoms with Crippen LogP contribution in [0.4, 0.5) is 0 Å². The summed E-state index contributed by atoms with van der Waals surface area (Å²) in [6.45, 7) is 2.79. The van der Waals surface area contributed by atoms with E-state index in [9.17, 15) is 13.2 Å². The van der Waals surface area contributed by atoms with Crippen molar-refractivity contribution in [3.05, 3.63) is 54.0 Å². The first-order chi connectivity index (χ1) is 12.5. The molecule has 140 valence electrons. The standard InChI is InChI=1S/C19H23NO5S/c1-2-24-17-7-5-15(6-8-17)12-19(21)20(13-18-4-3-10-25-18)16-9-11-26(22,23)14-16/h3-8,10,16H,2,9,11-14H2,1H3/t16-/m0/s1. The van der Waals surface area contributed by atoms with Crippen molar-refractivity contribution < 1.29 is 22.4 Å². The molecule has 0 spiro atoms. The highest BCUT2D eigenvalue weighted by atomic mass is 32.2. The zero-order chi connectivity index (χ0) is 18.6. The van der Waals surface area contributed by atoms with Crippen LogP contribution in [-0.2, 0) is 27.6 Å². The molecule has 3 rings (SSSR count). The second-order valence-corrected chi connectivity index (χ2v) is 8.64. The minimum Gasteiger partial charge on any atom is -0.494 e. The Kier molecular flexibility index (Phi) is 5.66. The Balaban J connectivity index is 1.73. The smallest absolute Gasteiger partial charge is 0.227 e. The monoisotopic (exact) mass is 377 g/mol. The quantitative estimate of drug-likeness (QED) is 0.741. The minimum absolute atomic E-state index is 0.0166. The van der Waals surface area contributed by atoms with Crippen molar-refractivity contribution in [3.63, 3.8) is 0 Å². The second kappa shape index (κ2) is 7.95. The average Bonchev–Trinajstić information content (AvgIpc) is 3.23. The van der Waals surface area contributed by atoms with Crippen LogP contribution in [0.3, 0.4) is 0 Å². The third kappa shape index (κ3) is 4.66. The Hall–Kier alpha value is -2.28. The summed E-state index contributed by atoms with van der Waals surface area (Å²) in [5.74, 6) is 1.45. The Morgan fingerprint density at radius 2 is 2.04 bits per heavy atom. The molecule has 0 aliphatic carbocycles. The molecule has 2 heterocycles. The minimum atomic E-state index is -3.08. The molecule has 7 heteroatoms. The van der Waals surface area contributed by atoms with E-state index < -0.39 is 9.84 Å². The van der Waals surface area contributed by atoms with Crippen molar-refractivity contribution in [1.82, 2.24) is 4.90 Å². The van der Waals surface area contributed by atoms with Crippen LogP contribution < -0.4 is 4.74 Å². The fourth-order valence-corrected chi connectivity index (χ4v) is 4.89. The Morgan fingerprint density at radius 3 is 2.62 bits per heavy atom. The van der Waals surface area contributed by atoms with Crippen molar-refractivity contribution >= 4 is 15.7 Å². The maximum atomic E-state index is 12.9. The SMILES string of the molecule is CCOc1ccc(CC(=O)N(Cc2ccco2)[C@H]2CCS(=O)(=O)C2)cc1. The molecule has 0 unspecified atom stereocenters. The van der Waals surface area contributed by atoms with E-state index in [0.29, 0.717) is 18.8 Å². The highest BCUT2D eigenvalue weighted by molar-refractivity contribution is 7.91. The summed E-state index contributed by atoms with van der Waals surface area (Å²) in [5.41, 5.74) is 0.865. The van der Waals surface area contributed by atoms with Gasteiger partial charge in [-0.05, 0) is 43.2 Å². The number of amides is 1. The van der Waals surface area contributed by atoms with Gasteiger partial charge in [-0.2, -0.15) is 0 Å². The van der Waals surface area contributed by atoms with Crippen LogP contribution in [0.2, 0.25) is 0 Å². The lowest BCUT2D eigenvalue weighted by atomic mass is 10.1. The van der Waals surface area contributed by atoms with E-state index in [-0.39, 0.29) is 36.4 Å². The number of sulfone groups is 1. The average molecular weight is 377 g/mol. The molecule has 0 bridgehead atoms. The molecule has 1 amide bonds. The number of hydrogen-bond acceptors (Lipinski definition) is 5. The fraction of sp³-hybridized carbons (Fsp3) is 0.421. The van der Waals surface area contributed by atoms with E-state index in [0.717, 1.165) is 11.3 Å². The molecule has 6 nitrogen and oxygen atoms in total. The molecule has 1 aliphatic rings. The number of nitrogens with zero attached hydrogens (tertiary/aromatic N) is 1. The van der Waals surface area contributed by atoms with Crippen LogP contribution in [0.15, 0.2) is 47.1 Å². The summed E-state index contributed by atoms with van der Waals surface area (Å²) < 4.78 is 34.5. The third-order valence-electron chi connectivity index (χ3n) is 4.47. The number of carbonyl (C=O) groups excluding carboxylic acids is 1. The van der Waals surface area contributed by atoms with Crippen LogP contribution in [-0.4, -0.2) is 43.4 Å². The lowest BCUT2D eigenvalue weighted by molar-refractivity contribution is -0.133. The van der Waals surface area contributed by atoms with Gasteiger partial charge in [-0.25, -0.2) is 8.42 Å². The van der Waals surface area contributed by atoms with E-state index >= 15 is 0 Å². The molecule has 1 saturated heterocycles. The molecular weight excluding hydrogens is 354 g/mol. The van der Waals surface area contributed by atoms with Crippen molar-refractivity contribution in [3.8, 4) is 5.75 Å². The molecule has 1 aromatic carbocycles. The van der Waals surface area contributed by atoms with E-state index in [2.05, 4.69) is 0 Å². The van der Waals surface area contributed by atoms with E-state index in [1.54, 1.807) is 23.3 Å². The van der Waals surface area contributed by atoms with Crippen LogP contribution in [0.1, 0.15) is 24.7 Å². The number of carbonyl (C=O) groups is 1. The van der Waals surface area contributed by atoms with Crippen LogP contribution in [0.25, 0.3) is 0 Å². The van der Waals surface area contributed by atoms with Crippen molar-refractivity contribution in [2.45, 2.75) is 32.4 Å². The molecule has 1 aliphatic heterocycles. The molecule has 1 atom stereocenters. The van der Waals surface area contributed by atoms with Crippen LogP contribution in [0, 0.1) is 0 Å². The molecule has 0 radical (unpaired) electrons. The van der Waals surface area contributed by atoms with Gasteiger partial charge in [0.1, 0.15) is 11.5 Å². The van der Waals surface area contributed by atoms with Gasteiger partial charge in [0, 0.05) is 6.04 Å². The summed E-state index contributed by atoms with van der Waals surface area (Å²) in [6.07, 6.45) is 2.23. The van der Waals surface area contributed by atoms with Gasteiger partial charge in [0.2, 0.25) is 5.91 Å². The maximum Gasteiger partial charge on any atom is 0.227 e. The topological polar surface area (TPSA) is 76.8 Å². The Morgan fingerprint density at radius 1 is 1.27 bits per heavy atom. The number of hydrogen-bond donors (Lipinski definition) is 0. The van der Waals surface area contributed by atoms with Gasteiger partial charge < -0.3 is 14.1 Å². The molecule has 0 saturated carbocycles. The predicted molar refractivity (Wildman–Crippen MR) is 97.6 cm³/mol. The molecule has 1 aromatic heterocycles. The van der Waals surface area contributed by atoms with Gasteiger partial charge in [-0.1, -0.05) is 12.1 Å². The first-order valence-electron chi connectivity index (χ1n) is 8.71. The predicted octanol–water partition coefficient (Wildman–Crippen LogP) is 2.44. The number of rotatable bonds is 7. The normalized spacial score (nSPS) is 18.6. The van der Waals surface area contributed by atoms with Crippen molar-refractivity contribution in [1.29, 1.82) is 0 Å². The summed E-state index contributed by atoms with van der Waals surface area (Å²) in [5, 5.41) is 0. The number of benzene rings is 1. The van der Waals surface area contributed by atoms with Crippen LogP contribution in [0.5, 0.6) is 5.75 Å². The summed E-state index contributed by atoms with van der Waals surface area (Å²) in [6, 6.07) is 10.6. The fourth-order valence-electron chi connectivity index (χ4n) is 3.16. The van der Waals surface area contributed by atoms with Gasteiger partial charge in [-0.15, -0.1) is 0 Å². The second-order valence-electron chi connectivity index (χ2n) is 6.41. The van der Waals surface area contributed by atoms with Gasteiger partial charge in [0.15, 0.2) is 9.84 Å². The zero-order valence-electron chi connectivity index (χ0n) is 14.8. The molecule has 0 N–H and O–H groups in total. The van der Waals surface area contributed by atoms with Crippen LogP contribution >= 0.6 is 0 Å². The lowest BCUT2D eigenvalue weighted by Gasteiger charge is -2.27. The maximum absolute atomic E-state index is 12.9. The van der Waals surface area contributed by atoms with Gasteiger partial charge in [0.25, 0.3) is 0 Å². The van der Waals surface area contributed by atoms with Gasteiger partial charge in [0.05, 0.1) is 37.3 Å². The number of ether oxygens (including phenoxy) is 1. The van der Waals surface area contributed by atoms with E-state index in [1.165, 1.54) is 0 Å². The lowest BCUT2D eigenvalue weighted by Crippen LogP contribution is -2.41. The first-order valence-corrected chi connectivity index (χ1v) is 10.5. The molecular formula is C19H23NO5S. The molecule has 2 aromatic rings. The largest absolute Gasteiger partial charge is 0.494 e.